The number of amides is 3. The van der Waals surface area contributed by atoms with Gasteiger partial charge in [-0.1, -0.05) is 53.5 Å². The van der Waals surface area contributed by atoms with Gasteiger partial charge >= 0.3 is 0 Å². The van der Waals surface area contributed by atoms with Gasteiger partial charge in [-0.15, -0.1) is 0 Å². The molecule has 2 fully saturated rings. The van der Waals surface area contributed by atoms with Crippen molar-refractivity contribution in [2.24, 2.45) is 0 Å². The van der Waals surface area contributed by atoms with Crippen molar-refractivity contribution in [2.75, 3.05) is 37.6 Å². The highest BCUT2D eigenvalue weighted by Gasteiger charge is 2.31. The molecule has 0 spiro atoms. The molecule has 1 atom stereocenters. The van der Waals surface area contributed by atoms with E-state index in [1.165, 1.54) is 6.07 Å². The molecular formula is C34H32Cl2N4O5. The van der Waals surface area contributed by atoms with E-state index in [9.17, 15) is 19.2 Å². The molecule has 0 saturated carbocycles. The summed E-state index contributed by atoms with van der Waals surface area (Å²) in [6.45, 7) is 3.43. The van der Waals surface area contributed by atoms with Gasteiger partial charge < -0.3 is 24.4 Å². The summed E-state index contributed by atoms with van der Waals surface area (Å²) < 4.78 is 5.74. The Balaban J connectivity index is 1.18. The van der Waals surface area contributed by atoms with E-state index < -0.39 is 11.9 Å². The maximum Gasteiger partial charge on any atom is 0.287 e. The quantitative estimate of drug-likeness (QED) is 0.292. The number of carbonyl (C=O) groups excluding carboxylic acids is 3. The van der Waals surface area contributed by atoms with Crippen molar-refractivity contribution in [1.29, 1.82) is 0 Å². The average Bonchev–Trinajstić information content (AvgIpc) is 3.45. The number of likely N-dealkylation sites (tertiary alicyclic amines) is 1. The van der Waals surface area contributed by atoms with E-state index in [0.717, 1.165) is 35.8 Å². The zero-order valence-electron chi connectivity index (χ0n) is 24.5. The highest BCUT2D eigenvalue weighted by atomic mass is 35.5. The number of halogens is 2. The second-order valence-corrected chi connectivity index (χ2v) is 12.2. The standard InChI is InChI=1S/C34H32Cl2N4O5/c35-24-9-7-22(8-10-24)18-27(37-33(43)31-20-29(41)26-12-11-25(36)19-30(26)45-31)34(44)39-16-14-38(15-17-39)28-5-2-1-4-23(28)21-40-13-3-6-32(40)42/h1-2,4-5,7-12,19-20,27H,3,6,13-18,21H2,(H,37,43)/t27-/m1/s1. The van der Waals surface area contributed by atoms with Gasteiger partial charge in [0.25, 0.3) is 5.91 Å². The fourth-order valence-corrected chi connectivity index (χ4v) is 6.23. The van der Waals surface area contributed by atoms with Crippen LogP contribution < -0.4 is 15.6 Å². The van der Waals surface area contributed by atoms with Crippen molar-refractivity contribution >= 4 is 57.6 Å². The molecule has 2 saturated heterocycles. The molecule has 0 bridgehead atoms. The number of anilines is 1. The molecule has 45 heavy (non-hydrogen) atoms. The number of hydrogen-bond acceptors (Lipinski definition) is 6. The summed E-state index contributed by atoms with van der Waals surface area (Å²) in [6.07, 6.45) is 1.70. The molecule has 3 heterocycles. The lowest BCUT2D eigenvalue weighted by Gasteiger charge is -2.38. The van der Waals surface area contributed by atoms with E-state index in [0.29, 0.717) is 54.6 Å². The Morgan fingerprint density at radius 3 is 2.33 bits per heavy atom. The van der Waals surface area contributed by atoms with E-state index in [1.807, 2.05) is 29.2 Å². The highest BCUT2D eigenvalue weighted by molar-refractivity contribution is 6.31. The van der Waals surface area contributed by atoms with Crippen LogP contribution in [0.4, 0.5) is 5.69 Å². The number of fused-ring (bicyclic) bond motifs is 1. The largest absolute Gasteiger partial charge is 0.451 e. The lowest BCUT2D eigenvalue weighted by molar-refractivity contribution is -0.133. The van der Waals surface area contributed by atoms with Crippen molar-refractivity contribution in [3.05, 3.63) is 110 Å². The minimum atomic E-state index is -0.918. The van der Waals surface area contributed by atoms with Gasteiger partial charge in [0.1, 0.15) is 11.6 Å². The molecule has 0 aliphatic carbocycles. The van der Waals surface area contributed by atoms with Gasteiger partial charge in [0.15, 0.2) is 11.2 Å². The minimum Gasteiger partial charge on any atom is -0.451 e. The van der Waals surface area contributed by atoms with E-state index in [1.54, 1.807) is 29.2 Å². The van der Waals surface area contributed by atoms with Crippen LogP contribution >= 0.6 is 23.2 Å². The summed E-state index contributed by atoms with van der Waals surface area (Å²) in [5.74, 6) is -0.937. The number of nitrogens with zero attached hydrogens (tertiary/aromatic N) is 3. The van der Waals surface area contributed by atoms with Crippen LogP contribution in [0, 0.1) is 0 Å². The van der Waals surface area contributed by atoms with Crippen LogP contribution in [-0.4, -0.2) is 66.3 Å². The van der Waals surface area contributed by atoms with Gasteiger partial charge in [-0.25, -0.2) is 0 Å². The molecule has 1 aromatic heterocycles. The van der Waals surface area contributed by atoms with E-state index in [4.69, 9.17) is 27.6 Å². The Kier molecular flexibility index (Phi) is 9.09. The predicted octanol–water partition coefficient (Wildman–Crippen LogP) is 4.91. The summed E-state index contributed by atoms with van der Waals surface area (Å²) in [6, 6.07) is 20.0. The predicted molar refractivity (Wildman–Crippen MR) is 174 cm³/mol. The number of para-hydroxylation sites is 1. The zero-order chi connectivity index (χ0) is 31.5. The van der Waals surface area contributed by atoms with Crippen molar-refractivity contribution < 1.29 is 18.8 Å². The molecule has 3 aromatic carbocycles. The number of nitrogens with one attached hydrogen (secondary N) is 1. The monoisotopic (exact) mass is 646 g/mol. The average molecular weight is 648 g/mol. The third-order valence-corrected chi connectivity index (χ3v) is 8.81. The number of carbonyl (C=O) groups is 3. The number of piperazine rings is 1. The maximum absolute atomic E-state index is 13.9. The summed E-state index contributed by atoms with van der Waals surface area (Å²) in [5.41, 5.74) is 2.75. The molecule has 3 amide bonds. The van der Waals surface area contributed by atoms with Gasteiger partial charge in [-0.2, -0.15) is 0 Å². The molecule has 0 radical (unpaired) electrons. The van der Waals surface area contributed by atoms with Gasteiger partial charge in [-0.3, -0.25) is 19.2 Å². The smallest absolute Gasteiger partial charge is 0.287 e. The first-order valence-electron chi connectivity index (χ1n) is 14.9. The van der Waals surface area contributed by atoms with Crippen LogP contribution in [0.25, 0.3) is 11.0 Å². The summed E-state index contributed by atoms with van der Waals surface area (Å²) in [5, 5.41) is 4.05. The normalized spacial score (nSPS) is 15.9. The van der Waals surface area contributed by atoms with Crippen LogP contribution in [0.1, 0.15) is 34.5 Å². The molecule has 9 nitrogen and oxygen atoms in total. The topological polar surface area (TPSA) is 103 Å². The van der Waals surface area contributed by atoms with Crippen LogP contribution in [0.15, 0.2) is 82.0 Å². The number of hydrogen-bond donors (Lipinski definition) is 1. The SMILES string of the molecule is O=C(N[C@H](Cc1ccc(Cl)cc1)C(=O)N1CCN(c2ccccc2CN2CCCC2=O)CC1)c1cc(=O)c2ccc(Cl)cc2o1. The summed E-state index contributed by atoms with van der Waals surface area (Å²) in [4.78, 5) is 58.2. The van der Waals surface area contributed by atoms with E-state index in [-0.39, 0.29) is 35.0 Å². The van der Waals surface area contributed by atoms with Crippen LogP contribution in [0.3, 0.4) is 0 Å². The van der Waals surface area contributed by atoms with Gasteiger partial charge in [0.05, 0.1) is 5.39 Å². The Labute approximate surface area is 270 Å². The molecule has 11 heteroatoms. The Morgan fingerprint density at radius 2 is 1.60 bits per heavy atom. The second-order valence-electron chi connectivity index (χ2n) is 11.3. The first-order valence-corrected chi connectivity index (χ1v) is 15.7. The van der Waals surface area contributed by atoms with Crippen molar-refractivity contribution in [2.45, 2.75) is 31.8 Å². The molecule has 1 N–H and O–H groups in total. The van der Waals surface area contributed by atoms with Gasteiger partial charge in [0, 0.05) is 80.0 Å². The lowest BCUT2D eigenvalue weighted by Crippen LogP contribution is -2.55. The number of rotatable bonds is 8. The minimum absolute atomic E-state index is 0.181. The zero-order valence-corrected chi connectivity index (χ0v) is 26.0. The van der Waals surface area contributed by atoms with Crippen molar-refractivity contribution in [3.63, 3.8) is 0 Å². The molecule has 6 rings (SSSR count). The van der Waals surface area contributed by atoms with Crippen molar-refractivity contribution in [3.8, 4) is 0 Å². The number of benzene rings is 3. The molecule has 2 aliphatic rings. The van der Waals surface area contributed by atoms with Crippen LogP contribution in [0.5, 0.6) is 0 Å². The van der Waals surface area contributed by atoms with Crippen LogP contribution in [-0.2, 0) is 22.6 Å². The van der Waals surface area contributed by atoms with Gasteiger partial charge in [0.2, 0.25) is 11.8 Å². The highest BCUT2D eigenvalue weighted by Crippen LogP contribution is 2.26. The van der Waals surface area contributed by atoms with E-state index >= 15 is 0 Å². The molecule has 0 unspecified atom stereocenters. The lowest BCUT2D eigenvalue weighted by atomic mass is 10.0. The Hall–Kier alpha value is -4.34. The molecule has 2 aliphatic heterocycles. The fraction of sp³-hybridized carbons (Fsp3) is 0.294. The van der Waals surface area contributed by atoms with E-state index in [2.05, 4.69) is 22.3 Å². The van der Waals surface area contributed by atoms with Gasteiger partial charge in [-0.05, 0) is 47.9 Å². The molecular weight excluding hydrogens is 615 g/mol. The van der Waals surface area contributed by atoms with Crippen LogP contribution in [0.2, 0.25) is 10.0 Å². The Bertz CT molecular complexity index is 1800. The summed E-state index contributed by atoms with van der Waals surface area (Å²) >= 11 is 12.2. The second kappa shape index (κ2) is 13.3. The Morgan fingerprint density at radius 1 is 0.867 bits per heavy atom. The first kappa shape index (κ1) is 30.7. The fourth-order valence-electron chi connectivity index (χ4n) is 5.94. The molecule has 4 aromatic rings. The first-order chi connectivity index (χ1) is 21.7. The third kappa shape index (κ3) is 7.00. The maximum atomic E-state index is 13.9. The molecule has 232 valence electrons. The summed E-state index contributed by atoms with van der Waals surface area (Å²) in [7, 11) is 0. The third-order valence-electron chi connectivity index (χ3n) is 8.33. The van der Waals surface area contributed by atoms with Crippen molar-refractivity contribution in [1.82, 2.24) is 15.1 Å².